The molecule has 0 aliphatic carbocycles. The van der Waals surface area contributed by atoms with Crippen LogP contribution < -0.4 is 9.47 Å². The molecule has 1 aliphatic rings. The third-order valence-electron chi connectivity index (χ3n) is 12.2. The molecule has 1 N–H and O–H groups in total. The second-order valence-electron chi connectivity index (χ2n) is 17.6. The molecular formula is C55H54Cl4F6N2O6. The number of alkyl halides is 6. The second kappa shape index (κ2) is 26.1. The van der Waals surface area contributed by atoms with Crippen molar-refractivity contribution >= 4 is 52.2 Å². The van der Waals surface area contributed by atoms with Crippen LogP contribution in [0.1, 0.15) is 45.2 Å². The van der Waals surface area contributed by atoms with Crippen LogP contribution in [0.5, 0.6) is 11.5 Å². The Labute approximate surface area is 441 Å². The van der Waals surface area contributed by atoms with E-state index in [-0.39, 0.29) is 18.3 Å². The Balaban J connectivity index is 0.000000238. The van der Waals surface area contributed by atoms with Crippen LogP contribution in [-0.4, -0.2) is 112 Å². The highest BCUT2D eigenvalue weighted by molar-refractivity contribution is 6.31. The molecule has 0 spiro atoms. The van der Waals surface area contributed by atoms with Gasteiger partial charge in [-0.1, -0.05) is 119 Å². The zero-order valence-corrected chi connectivity index (χ0v) is 43.0. The van der Waals surface area contributed by atoms with Gasteiger partial charge < -0.3 is 33.9 Å². The van der Waals surface area contributed by atoms with Gasteiger partial charge in [-0.05, 0) is 120 Å². The number of likely N-dealkylation sites (N-methyl/N-ethyl adjacent to an activating group) is 2. The molecule has 3 unspecified atom stereocenters. The molecule has 6 aromatic rings. The minimum absolute atomic E-state index is 0.0923. The van der Waals surface area contributed by atoms with Crippen molar-refractivity contribution in [2.75, 3.05) is 60.6 Å². The third-order valence-corrected chi connectivity index (χ3v) is 13.2. The number of hydrogen-bond donors (Lipinski definition) is 1. The number of aliphatic hydroxyl groups excluding tert-OH is 1. The SMILES string of the molecule is CN(CCOc1ccc(CC(O)C(=O)C(F)(F)F)cc1)CC(c1ccc(Cl)cc1)c1ccc(Cl)cc1.COC1(C(F)(F)F)OC1Cc1ccc(OCCN(C)CC(c2ccc(Cl)cc2)c2ccc(Cl)cc2)cc1. The van der Waals surface area contributed by atoms with Crippen molar-refractivity contribution in [3.8, 4) is 11.5 Å². The van der Waals surface area contributed by atoms with Crippen LogP contribution in [0.4, 0.5) is 26.3 Å². The summed E-state index contributed by atoms with van der Waals surface area (Å²) in [5, 5.41) is 12.2. The lowest BCUT2D eigenvalue weighted by atomic mass is 9.91. The fourth-order valence-corrected chi connectivity index (χ4v) is 8.60. The number of ketones is 1. The Morgan fingerprint density at radius 2 is 0.932 bits per heavy atom. The summed E-state index contributed by atoms with van der Waals surface area (Å²) in [7, 11) is 5.03. The number of aliphatic hydroxyl groups is 1. The van der Waals surface area contributed by atoms with E-state index in [1.165, 1.54) is 12.1 Å². The summed E-state index contributed by atoms with van der Waals surface area (Å²) >= 11 is 24.3. The quantitative estimate of drug-likeness (QED) is 0.0532. The van der Waals surface area contributed by atoms with Gasteiger partial charge in [0, 0.05) is 78.1 Å². The van der Waals surface area contributed by atoms with Gasteiger partial charge in [0.05, 0.1) is 0 Å². The highest BCUT2D eigenvalue weighted by atomic mass is 35.5. The molecule has 1 fully saturated rings. The van der Waals surface area contributed by atoms with Crippen molar-refractivity contribution < 1.29 is 55.2 Å². The Morgan fingerprint density at radius 3 is 1.23 bits per heavy atom. The molecule has 1 aliphatic heterocycles. The molecule has 1 saturated heterocycles. The average Bonchev–Trinajstić information content (AvgIpc) is 4.09. The van der Waals surface area contributed by atoms with Crippen LogP contribution >= 0.6 is 46.4 Å². The molecule has 6 aromatic carbocycles. The summed E-state index contributed by atoms with van der Waals surface area (Å²) in [5.41, 5.74) is 5.66. The summed E-state index contributed by atoms with van der Waals surface area (Å²) in [6.45, 7) is 3.62. The maximum absolute atomic E-state index is 13.1. The molecule has 73 heavy (non-hydrogen) atoms. The molecule has 1 heterocycles. The fourth-order valence-electron chi connectivity index (χ4n) is 8.09. The van der Waals surface area contributed by atoms with Crippen molar-refractivity contribution in [1.29, 1.82) is 0 Å². The van der Waals surface area contributed by atoms with E-state index >= 15 is 0 Å². The molecule has 390 valence electrons. The number of hydrogen-bond acceptors (Lipinski definition) is 8. The summed E-state index contributed by atoms with van der Waals surface area (Å²) in [6, 6.07) is 44.4. The molecule has 0 bridgehead atoms. The molecule has 0 aromatic heterocycles. The lowest BCUT2D eigenvalue weighted by Crippen LogP contribution is -2.37. The molecular weight excluding hydrogens is 1040 g/mol. The predicted octanol–water partition coefficient (Wildman–Crippen LogP) is 13.2. The summed E-state index contributed by atoms with van der Waals surface area (Å²) in [5.74, 6) is -3.25. The Hall–Kier alpha value is -4.87. The van der Waals surface area contributed by atoms with E-state index in [2.05, 4.69) is 14.5 Å². The number of halogens is 10. The normalized spacial score (nSPS) is 16.1. The van der Waals surface area contributed by atoms with Crippen LogP contribution in [-0.2, 0) is 27.1 Å². The number of methoxy groups -OCH3 is 1. The van der Waals surface area contributed by atoms with Gasteiger partial charge in [0.25, 0.3) is 11.6 Å². The highest BCUT2D eigenvalue weighted by Crippen LogP contribution is 2.51. The van der Waals surface area contributed by atoms with Crippen LogP contribution in [0.15, 0.2) is 146 Å². The first kappa shape index (κ1) is 57.4. The smallest absolute Gasteiger partial charge is 0.452 e. The summed E-state index contributed by atoms with van der Waals surface area (Å²) < 4.78 is 97.8. The second-order valence-corrected chi connectivity index (χ2v) is 19.3. The van der Waals surface area contributed by atoms with Gasteiger partial charge in [-0.3, -0.25) is 4.79 Å². The van der Waals surface area contributed by atoms with Crippen molar-refractivity contribution in [3.63, 3.8) is 0 Å². The Kier molecular flexibility index (Phi) is 20.5. The largest absolute Gasteiger partial charge is 0.492 e. The molecule has 7 rings (SSSR count). The number of benzene rings is 6. The van der Waals surface area contributed by atoms with E-state index in [1.807, 2.05) is 111 Å². The minimum Gasteiger partial charge on any atom is -0.492 e. The number of carbonyl (C=O) groups is 1. The molecule has 3 atom stereocenters. The average molecular weight is 1090 g/mol. The predicted molar refractivity (Wildman–Crippen MR) is 274 cm³/mol. The van der Waals surface area contributed by atoms with Crippen molar-refractivity contribution in [1.82, 2.24) is 9.80 Å². The number of rotatable bonds is 22. The van der Waals surface area contributed by atoms with Gasteiger partial charge in [0.15, 0.2) is 0 Å². The topological polar surface area (TPSA) is 84.0 Å². The van der Waals surface area contributed by atoms with E-state index in [4.69, 9.17) is 60.6 Å². The standard InChI is InChI=1S/C28H28Cl2F3NO3.C27H26Cl2F3NO3/c1-34(18-25(20-5-9-22(29)10-6-20)21-7-11-23(30)12-8-21)15-16-36-24-13-3-19(4-14-24)17-26-27(35-2,37-26)28(31,32)33;1-33(17-24(19-4-8-21(28)9-5-19)20-6-10-22(29)11-7-20)14-15-36-23-12-2-18(3-13-23)16-25(34)26(35)27(30,31)32/h3-14,25-26H,15-18H2,1-2H3;2-13,24-25,34H,14-17H2,1H3. The van der Waals surface area contributed by atoms with Crippen molar-refractivity contribution in [2.45, 2.75) is 55.0 Å². The first-order chi connectivity index (χ1) is 34.6. The van der Waals surface area contributed by atoms with Crippen molar-refractivity contribution in [3.05, 3.63) is 199 Å². The van der Waals surface area contributed by atoms with Gasteiger partial charge in [0.1, 0.15) is 36.9 Å². The first-order valence-corrected chi connectivity index (χ1v) is 24.6. The number of carbonyl (C=O) groups excluding carboxylic acids is 1. The Bertz CT molecular complexity index is 2560. The minimum atomic E-state index is -5.06. The number of nitrogens with zero attached hydrogens (tertiary/aromatic N) is 2. The molecule has 0 saturated carbocycles. The zero-order chi connectivity index (χ0) is 52.9. The summed E-state index contributed by atoms with van der Waals surface area (Å²) in [6.07, 6.45) is -13.1. The van der Waals surface area contributed by atoms with E-state index in [0.717, 1.165) is 42.5 Å². The molecule has 0 radical (unpaired) electrons. The monoisotopic (exact) mass is 1090 g/mol. The molecule has 18 heteroatoms. The maximum Gasteiger partial charge on any atom is 0.452 e. The molecule has 0 amide bonds. The Morgan fingerprint density at radius 1 is 0.589 bits per heavy atom. The fraction of sp³-hybridized carbons (Fsp3) is 0.327. The van der Waals surface area contributed by atoms with Crippen LogP contribution in [0.3, 0.4) is 0 Å². The lowest BCUT2D eigenvalue weighted by Gasteiger charge is -2.25. The van der Waals surface area contributed by atoms with Gasteiger partial charge in [-0.2, -0.15) is 26.3 Å². The zero-order valence-electron chi connectivity index (χ0n) is 40.0. The number of ether oxygens (including phenoxy) is 4. The van der Waals surface area contributed by atoms with E-state index in [1.54, 1.807) is 36.4 Å². The van der Waals surface area contributed by atoms with Gasteiger partial charge in [0.2, 0.25) is 0 Å². The van der Waals surface area contributed by atoms with Gasteiger partial charge >= 0.3 is 12.4 Å². The first-order valence-electron chi connectivity index (χ1n) is 23.0. The maximum atomic E-state index is 13.1. The molecule has 8 nitrogen and oxygen atoms in total. The van der Waals surface area contributed by atoms with E-state index in [0.29, 0.717) is 69.0 Å². The van der Waals surface area contributed by atoms with Crippen molar-refractivity contribution in [2.24, 2.45) is 0 Å². The summed E-state index contributed by atoms with van der Waals surface area (Å²) in [4.78, 5) is 15.4. The van der Waals surface area contributed by atoms with Gasteiger partial charge in [-0.15, -0.1) is 0 Å². The van der Waals surface area contributed by atoms with Crippen LogP contribution in [0, 0.1) is 0 Å². The van der Waals surface area contributed by atoms with E-state index in [9.17, 15) is 36.2 Å². The number of Topliss-reactive ketones (excluding diaryl/α,β-unsaturated/α-hetero) is 1. The van der Waals surface area contributed by atoms with Crippen LogP contribution in [0.25, 0.3) is 0 Å². The lowest BCUT2D eigenvalue weighted by molar-refractivity contribution is -0.263. The third kappa shape index (κ3) is 16.8. The highest BCUT2D eigenvalue weighted by Gasteiger charge is 2.74. The van der Waals surface area contributed by atoms with Gasteiger partial charge in [-0.25, -0.2) is 0 Å². The van der Waals surface area contributed by atoms with Crippen LogP contribution in [0.2, 0.25) is 20.1 Å². The number of epoxide rings is 1. The van der Waals surface area contributed by atoms with E-state index < -0.39 is 42.6 Å².